The minimum atomic E-state index is 0.0620. The molecule has 0 saturated heterocycles. The maximum absolute atomic E-state index is 6.72. The zero-order chi connectivity index (χ0) is 38.9. The number of fused-ring (bicyclic) bond motifs is 4. The van der Waals surface area contributed by atoms with Crippen molar-refractivity contribution in [1.29, 1.82) is 0 Å². The van der Waals surface area contributed by atoms with Gasteiger partial charge in [-0.2, -0.15) is 0 Å². The third kappa shape index (κ3) is 6.10. The van der Waals surface area contributed by atoms with Crippen molar-refractivity contribution in [3.8, 4) is 23.1 Å². The van der Waals surface area contributed by atoms with E-state index in [1.165, 1.54) is 44.7 Å². The number of nitrogens with zero attached hydrogens (tertiary/aromatic N) is 5. The van der Waals surface area contributed by atoms with Crippen molar-refractivity contribution in [3.05, 3.63) is 162 Å². The Morgan fingerprint density at radius 1 is 0.554 bits per heavy atom. The van der Waals surface area contributed by atoms with E-state index >= 15 is 0 Å². The molecule has 9 rings (SSSR count). The van der Waals surface area contributed by atoms with Gasteiger partial charge < -0.3 is 14.5 Å². The zero-order valence-electron chi connectivity index (χ0n) is 33.6. The van der Waals surface area contributed by atoms with Crippen LogP contribution < -0.4 is 14.5 Å². The largest absolute Gasteiger partial charge is 0.457 e. The fourth-order valence-corrected chi connectivity index (χ4v) is 8.28. The fraction of sp³-hybridized carbons (Fsp3) is 0.220. The van der Waals surface area contributed by atoms with E-state index < -0.39 is 0 Å². The molecule has 0 unspecified atom stereocenters. The third-order valence-corrected chi connectivity index (χ3v) is 11.2. The molecule has 0 aliphatic carbocycles. The van der Waals surface area contributed by atoms with E-state index in [1.807, 2.05) is 12.3 Å². The van der Waals surface area contributed by atoms with Crippen LogP contribution in [0.5, 0.6) is 11.5 Å². The topological polar surface area (TPSA) is 38.5 Å². The van der Waals surface area contributed by atoms with Crippen LogP contribution in [0.15, 0.2) is 140 Å². The number of aromatic nitrogens is 3. The van der Waals surface area contributed by atoms with Crippen molar-refractivity contribution >= 4 is 44.6 Å². The molecule has 2 aromatic heterocycles. The van der Waals surface area contributed by atoms with E-state index in [0.29, 0.717) is 6.67 Å². The Balaban J connectivity index is 1.08. The smallest absolute Gasteiger partial charge is 0.219 e. The van der Waals surface area contributed by atoms with Crippen molar-refractivity contribution in [2.45, 2.75) is 66.2 Å². The number of imidazole rings is 1. The molecule has 1 aliphatic rings. The number of hydrogen-bond acceptors (Lipinski definition) is 4. The molecule has 0 spiro atoms. The lowest BCUT2D eigenvalue weighted by atomic mass is 9.85. The third-order valence-electron chi connectivity index (χ3n) is 11.2. The quantitative estimate of drug-likeness (QED) is 0.170. The van der Waals surface area contributed by atoms with Gasteiger partial charge in [-0.05, 0) is 102 Å². The van der Waals surface area contributed by atoms with Crippen molar-refractivity contribution in [3.63, 3.8) is 0 Å². The first kappa shape index (κ1) is 35.4. The van der Waals surface area contributed by atoms with E-state index in [2.05, 4.69) is 202 Å². The Morgan fingerprint density at radius 3 is 1.86 bits per heavy atom. The Kier molecular flexibility index (Phi) is 8.35. The van der Waals surface area contributed by atoms with Crippen LogP contribution in [0.2, 0.25) is 0 Å². The molecule has 0 amide bonds. The molecule has 0 radical (unpaired) electrons. The van der Waals surface area contributed by atoms with Crippen LogP contribution in [-0.4, -0.2) is 20.8 Å². The van der Waals surface area contributed by atoms with Crippen molar-refractivity contribution in [2.75, 3.05) is 16.5 Å². The lowest BCUT2D eigenvalue weighted by molar-refractivity contribution is 0.483. The second-order valence-corrected chi connectivity index (χ2v) is 17.2. The first-order valence-electron chi connectivity index (χ1n) is 19.6. The van der Waals surface area contributed by atoms with Gasteiger partial charge in [-0.15, -0.1) is 0 Å². The lowest BCUT2D eigenvalue weighted by Gasteiger charge is -2.25. The highest BCUT2D eigenvalue weighted by molar-refractivity contribution is 6.09. The molecule has 6 aromatic carbocycles. The summed E-state index contributed by atoms with van der Waals surface area (Å²) in [5, 5.41) is 2.32. The van der Waals surface area contributed by atoms with Crippen LogP contribution in [0.3, 0.4) is 0 Å². The highest BCUT2D eigenvalue weighted by Crippen LogP contribution is 2.45. The number of anilines is 4. The Morgan fingerprint density at radius 2 is 1.16 bits per heavy atom. The molecule has 1 aliphatic heterocycles. The van der Waals surface area contributed by atoms with Gasteiger partial charge in [-0.25, -0.2) is 4.98 Å². The minimum Gasteiger partial charge on any atom is -0.457 e. The van der Waals surface area contributed by atoms with Crippen LogP contribution in [0.4, 0.5) is 22.7 Å². The molecule has 6 heteroatoms. The van der Waals surface area contributed by atoms with Gasteiger partial charge in [-0.1, -0.05) is 102 Å². The molecule has 0 atom stereocenters. The van der Waals surface area contributed by atoms with E-state index in [4.69, 9.17) is 9.72 Å². The average molecular weight is 736 g/mol. The highest BCUT2D eigenvalue weighted by Gasteiger charge is 2.29. The summed E-state index contributed by atoms with van der Waals surface area (Å²) in [4.78, 5) is 9.76. The maximum Gasteiger partial charge on any atom is 0.219 e. The summed E-state index contributed by atoms with van der Waals surface area (Å²) in [6.07, 6.45) is 3.98. The molecule has 0 saturated carbocycles. The summed E-state index contributed by atoms with van der Waals surface area (Å²) < 4.78 is 11.2. The summed E-state index contributed by atoms with van der Waals surface area (Å²) in [6, 6.07) is 45.6. The standard InChI is InChI=1S/C50H49N5O/c1-33-27-36(50(6,7)8)28-34(2)47(33)52-26-25-51-48(52)55-43-20-10-9-19-41(43)42-24-23-40(31-46(42)55)56-39-18-14-17-38(30-39)54-32-53(44-21-11-12-22-45(44)54)37-16-13-15-35(29-37)49(3,4)5/h9-31H,32H2,1-8H3. The molecule has 6 nitrogen and oxygen atoms in total. The number of para-hydroxylation sites is 3. The van der Waals surface area contributed by atoms with Crippen LogP contribution in [0, 0.1) is 13.8 Å². The van der Waals surface area contributed by atoms with Crippen molar-refractivity contribution in [1.82, 2.24) is 14.1 Å². The first-order valence-corrected chi connectivity index (χ1v) is 19.6. The summed E-state index contributed by atoms with van der Waals surface area (Å²) in [5.74, 6) is 2.39. The Bertz CT molecular complexity index is 2750. The molecular formula is C50H49N5O. The molecule has 0 bridgehead atoms. The van der Waals surface area contributed by atoms with Crippen LogP contribution in [-0.2, 0) is 10.8 Å². The summed E-state index contributed by atoms with van der Waals surface area (Å²) in [5.41, 5.74) is 13.1. The molecule has 0 N–H and O–H groups in total. The predicted octanol–water partition coefficient (Wildman–Crippen LogP) is 13.2. The molecule has 0 fully saturated rings. The molecule has 3 heterocycles. The van der Waals surface area contributed by atoms with E-state index in [1.54, 1.807) is 0 Å². The number of aryl methyl sites for hydroxylation is 2. The normalized spacial score (nSPS) is 13.2. The molecule has 56 heavy (non-hydrogen) atoms. The second-order valence-electron chi connectivity index (χ2n) is 17.2. The minimum absolute atomic E-state index is 0.0620. The van der Waals surface area contributed by atoms with Gasteiger partial charge in [0.25, 0.3) is 0 Å². The molecule has 8 aromatic rings. The summed E-state index contributed by atoms with van der Waals surface area (Å²) >= 11 is 0. The predicted molar refractivity (Wildman–Crippen MR) is 233 cm³/mol. The monoisotopic (exact) mass is 735 g/mol. The van der Waals surface area contributed by atoms with Gasteiger partial charge in [0.1, 0.15) is 18.2 Å². The first-order chi connectivity index (χ1) is 26.8. The summed E-state index contributed by atoms with van der Waals surface area (Å²) in [7, 11) is 0. The van der Waals surface area contributed by atoms with Gasteiger partial charge in [0, 0.05) is 46.7 Å². The number of rotatable bonds is 6. The van der Waals surface area contributed by atoms with Gasteiger partial charge in [0.15, 0.2) is 0 Å². The second kappa shape index (κ2) is 13.2. The average Bonchev–Trinajstić information content (AvgIpc) is 3.88. The number of ether oxygens (including phenoxy) is 1. The van der Waals surface area contributed by atoms with E-state index in [-0.39, 0.29) is 10.8 Å². The number of hydrogen-bond donors (Lipinski definition) is 0. The fourth-order valence-electron chi connectivity index (χ4n) is 8.28. The van der Waals surface area contributed by atoms with Crippen LogP contribution in [0.25, 0.3) is 33.4 Å². The van der Waals surface area contributed by atoms with Crippen molar-refractivity contribution in [2.24, 2.45) is 0 Å². The van der Waals surface area contributed by atoms with Crippen molar-refractivity contribution < 1.29 is 4.74 Å². The van der Waals surface area contributed by atoms with Gasteiger partial charge >= 0.3 is 0 Å². The van der Waals surface area contributed by atoms with Gasteiger partial charge in [-0.3, -0.25) is 9.13 Å². The SMILES string of the molecule is Cc1cc(C(C)(C)C)cc(C)c1-n1ccnc1-n1c2ccccc2c2ccc(Oc3cccc(N4CN(c5cccc(C(C)(C)C)c5)c5ccccc54)c3)cc21. The van der Waals surface area contributed by atoms with Gasteiger partial charge in [0.05, 0.1) is 28.1 Å². The van der Waals surface area contributed by atoms with Gasteiger partial charge in [0.2, 0.25) is 5.95 Å². The zero-order valence-corrected chi connectivity index (χ0v) is 33.6. The Hall–Kier alpha value is -6.27. The van der Waals surface area contributed by atoms with E-state index in [0.717, 1.165) is 45.2 Å². The Labute approximate surface area is 330 Å². The van der Waals surface area contributed by atoms with Crippen LogP contribution >= 0.6 is 0 Å². The molecular weight excluding hydrogens is 687 g/mol. The molecule has 280 valence electrons. The maximum atomic E-state index is 6.72. The number of benzene rings is 6. The van der Waals surface area contributed by atoms with Crippen LogP contribution in [0.1, 0.15) is 63.8 Å². The highest BCUT2D eigenvalue weighted by atomic mass is 16.5. The summed E-state index contributed by atoms with van der Waals surface area (Å²) in [6.45, 7) is 18.7. The van der Waals surface area contributed by atoms with E-state index in [9.17, 15) is 0 Å². The lowest BCUT2D eigenvalue weighted by Crippen LogP contribution is -2.24.